The molecule has 1 fully saturated rings. The van der Waals surface area contributed by atoms with E-state index in [9.17, 15) is 9.90 Å². The van der Waals surface area contributed by atoms with Gasteiger partial charge in [0.2, 0.25) is 0 Å². The lowest BCUT2D eigenvalue weighted by Gasteiger charge is -2.32. The molecule has 0 bridgehead atoms. The minimum absolute atomic E-state index is 0.0257. The summed E-state index contributed by atoms with van der Waals surface area (Å²) in [7, 11) is 2.11. The van der Waals surface area contributed by atoms with Crippen LogP contribution in [-0.4, -0.2) is 28.2 Å². The van der Waals surface area contributed by atoms with E-state index in [0.29, 0.717) is 11.6 Å². The number of aliphatic hydroxyl groups is 1. The van der Waals surface area contributed by atoms with Crippen molar-refractivity contribution >= 4 is 0 Å². The number of pyridine rings is 1. The lowest BCUT2D eigenvalue weighted by atomic mass is 9.94. The van der Waals surface area contributed by atoms with Gasteiger partial charge in [-0.05, 0) is 45.4 Å². The van der Waals surface area contributed by atoms with E-state index in [4.69, 9.17) is 0 Å². The van der Waals surface area contributed by atoms with E-state index in [1.807, 2.05) is 10.6 Å². The molecule has 1 aromatic rings. The molecule has 1 aromatic heterocycles. The van der Waals surface area contributed by atoms with Gasteiger partial charge in [-0.1, -0.05) is 12.8 Å². The Morgan fingerprint density at radius 2 is 1.95 bits per heavy atom. The molecule has 0 radical (unpaired) electrons. The molecule has 3 rings (SSSR count). The summed E-state index contributed by atoms with van der Waals surface area (Å²) in [6.45, 7) is 5.29. The lowest BCUT2D eigenvalue weighted by Crippen LogP contribution is -2.39. The molecule has 0 spiro atoms. The summed E-state index contributed by atoms with van der Waals surface area (Å²) in [4.78, 5) is 15.2. The predicted octanol–water partition coefficient (Wildman–Crippen LogP) is 2.18. The largest absolute Gasteiger partial charge is 0.386 e. The first-order valence-corrected chi connectivity index (χ1v) is 8.06. The van der Waals surface area contributed by atoms with E-state index in [2.05, 4.69) is 11.9 Å². The first-order valence-electron chi connectivity index (χ1n) is 8.06. The number of hydrogen-bond donors (Lipinski definition) is 1. The van der Waals surface area contributed by atoms with Crippen LogP contribution >= 0.6 is 0 Å². The van der Waals surface area contributed by atoms with Gasteiger partial charge in [-0.2, -0.15) is 0 Å². The second kappa shape index (κ2) is 5.25. The average Bonchev–Trinajstić information content (AvgIpc) is 2.90. The molecular formula is C17H26N2O2. The Hall–Kier alpha value is -1.13. The van der Waals surface area contributed by atoms with E-state index < -0.39 is 5.60 Å². The molecule has 0 aromatic carbocycles. The summed E-state index contributed by atoms with van der Waals surface area (Å²) in [5.74, 6) is 0. The summed E-state index contributed by atoms with van der Waals surface area (Å²) < 4.78 is 2.03. The van der Waals surface area contributed by atoms with Gasteiger partial charge in [-0.25, -0.2) is 0 Å². The minimum Gasteiger partial charge on any atom is -0.386 e. The Morgan fingerprint density at radius 3 is 2.57 bits per heavy atom. The van der Waals surface area contributed by atoms with Crippen LogP contribution in [0.3, 0.4) is 0 Å². The highest BCUT2D eigenvalue weighted by Crippen LogP contribution is 2.32. The fraction of sp³-hybridized carbons (Fsp3) is 0.706. The Labute approximate surface area is 126 Å². The Kier molecular flexibility index (Phi) is 3.70. The van der Waals surface area contributed by atoms with Crippen molar-refractivity contribution in [3.63, 3.8) is 0 Å². The molecule has 4 heteroatoms. The monoisotopic (exact) mass is 290 g/mol. The van der Waals surface area contributed by atoms with Crippen molar-refractivity contribution in [2.45, 2.75) is 64.1 Å². The Balaban J connectivity index is 2.20. The van der Waals surface area contributed by atoms with Crippen molar-refractivity contribution in [3.05, 3.63) is 33.2 Å². The summed E-state index contributed by atoms with van der Waals surface area (Å²) in [6, 6.07) is 2.27. The third kappa shape index (κ3) is 2.67. The molecule has 1 saturated carbocycles. The van der Waals surface area contributed by atoms with Crippen LogP contribution < -0.4 is 5.56 Å². The SMILES string of the molecule is CN1CCc2c(cc(C(C)(C)O)c(=O)n2C2CCCC2)C1. The van der Waals surface area contributed by atoms with Gasteiger partial charge >= 0.3 is 0 Å². The first-order chi connectivity index (χ1) is 9.88. The Bertz CT molecular complexity index is 592. The van der Waals surface area contributed by atoms with Gasteiger partial charge < -0.3 is 14.6 Å². The molecule has 0 unspecified atom stereocenters. The van der Waals surface area contributed by atoms with Crippen molar-refractivity contribution in [2.75, 3.05) is 13.6 Å². The molecule has 0 amide bonds. The van der Waals surface area contributed by atoms with E-state index in [1.165, 1.54) is 24.1 Å². The molecule has 1 N–H and O–H groups in total. The summed E-state index contributed by atoms with van der Waals surface area (Å²) in [6.07, 6.45) is 5.54. The zero-order chi connectivity index (χ0) is 15.2. The maximum Gasteiger partial charge on any atom is 0.257 e. The van der Waals surface area contributed by atoms with Crippen molar-refractivity contribution in [3.8, 4) is 0 Å². The number of fused-ring (bicyclic) bond motifs is 1. The van der Waals surface area contributed by atoms with Crippen molar-refractivity contribution in [1.82, 2.24) is 9.47 Å². The highest BCUT2D eigenvalue weighted by Gasteiger charge is 2.30. The molecule has 0 saturated heterocycles. The van der Waals surface area contributed by atoms with Crippen molar-refractivity contribution < 1.29 is 5.11 Å². The van der Waals surface area contributed by atoms with E-state index in [1.54, 1.807) is 13.8 Å². The maximum atomic E-state index is 12.9. The Morgan fingerprint density at radius 1 is 1.29 bits per heavy atom. The quantitative estimate of drug-likeness (QED) is 0.908. The van der Waals surface area contributed by atoms with Crippen LogP contribution in [0.5, 0.6) is 0 Å². The van der Waals surface area contributed by atoms with Crippen LogP contribution in [0.4, 0.5) is 0 Å². The molecule has 2 heterocycles. The molecule has 1 aliphatic carbocycles. The first kappa shape index (κ1) is 14.8. The standard InChI is InChI=1S/C17H26N2O2/c1-17(2,21)14-10-12-11-18(3)9-8-15(12)19(16(14)20)13-6-4-5-7-13/h10,13,21H,4-9,11H2,1-3H3. The van der Waals surface area contributed by atoms with Crippen LogP contribution in [0.15, 0.2) is 10.9 Å². The van der Waals surface area contributed by atoms with Gasteiger partial charge in [0.15, 0.2) is 0 Å². The predicted molar refractivity (Wildman–Crippen MR) is 83.5 cm³/mol. The highest BCUT2D eigenvalue weighted by atomic mass is 16.3. The molecule has 2 aliphatic rings. The van der Waals surface area contributed by atoms with Crippen LogP contribution in [0.1, 0.15) is 62.4 Å². The number of aromatic nitrogens is 1. The second-order valence-electron chi connectivity index (χ2n) is 7.19. The van der Waals surface area contributed by atoms with Crippen molar-refractivity contribution in [2.24, 2.45) is 0 Å². The van der Waals surface area contributed by atoms with E-state index in [-0.39, 0.29) is 5.56 Å². The van der Waals surface area contributed by atoms with Crippen LogP contribution in [-0.2, 0) is 18.6 Å². The third-order valence-corrected chi connectivity index (χ3v) is 4.95. The molecular weight excluding hydrogens is 264 g/mol. The number of likely N-dealkylation sites (N-methyl/N-ethyl adjacent to an activating group) is 1. The zero-order valence-electron chi connectivity index (χ0n) is 13.4. The van der Waals surface area contributed by atoms with Crippen molar-refractivity contribution in [1.29, 1.82) is 0 Å². The van der Waals surface area contributed by atoms with Crippen LogP contribution in [0.25, 0.3) is 0 Å². The lowest BCUT2D eigenvalue weighted by molar-refractivity contribution is 0.0758. The maximum absolute atomic E-state index is 12.9. The van der Waals surface area contributed by atoms with E-state index in [0.717, 1.165) is 32.4 Å². The molecule has 4 nitrogen and oxygen atoms in total. The summed E-state index contributed by atoms with van der Waals surface area (Å²) >= 11 is 0. The normalized spacial score (nSPS) is 20.8. The fourth-order valence-electron chi connectivity index (χ4n) is 3.80. The molecule has 116 valence electrons. The minimum atomic E-state index is -1.08. The number of nitrogens with zero attached hydrogens (tertiary/aromatic N) is 2. The third-order valence-electron chi connectivity index (χ3n) is 4.95. The van der Waals surface area contributed by atoms with Gasteiger partial charge in [0.25, 0.3) is 5.56 Å². The number of rotatable bonds is 2. The number of hydrogen-bond acceptors (Lipinski definition) is 3. The van der Waals surface area contributed by atoms with Crippen LogP contribution in [0, 0.1) is 0 Å². The summed E-state index contributed by atoms with van der Waals surface area (Å²) in [5, 5.41) is 10.4. The molecule has 0 atom stereocenters. The summed E-state index contributed by atoms with van der Waals surface area (Å²) in [5.41, 5.74) is 1.91. The van der Waals surface area contributed by atoms with Gasteiger partial charge in [-0.3, -0.25) is 4.79 Å². The van der Waals surface area contributed by atoms with Gasteiger partial charge in [-0.15, -0.1) is 0 Å². The second-order valence-corrected chi connectivity index (χ2v) is 7.19. The molecule has 21 heavy (non-hydrogen) atoms. The highest BCUT2D eigenvalue weighted by molar-refractivity contribution is 5.32. The zero-order valence-corrected chi connectivity index (χ0v) is 13.4. The van der Waals surface area contributed by atoms with Gasteiger partial charge in [0.05, 0.1) is 5.60 Å². The molecule has 1 aliphatic heterocycles. The van der Waals surface area contributed by atoms with E-state index >= 15 is 0 Å². The fourth-order valence-corrected chi connectivity index (χ4v) is 3.80. The van der Waals surface area contributed by atoms with Crippen LogP contribution in [0.2, 0.25) is 0 Å². The topological polar surface area (TPSA) is 45.5 Å². The van der Waals surface area contributed by atoms with Gasteiger partial charge in [0.1, 0.15) is 0 Å². The smallest absolute Gasteiger partial charge is 0.257 e. The van der Waals surface area contributed by atoms with Gasteiger partial charge in [0, 0.05) is 36.8 Å². The average molecular weight is 290 g/mol.